The van der Waals surface area contributed by atoms with Crippen molar-refractivity contribution in [2.75, 3.05) is 33.7 Å². The molecule has 0 rings (SSSR count). The molecule has 0 aromatic carbocycles. The lowest BCUT2D eigenvalue weighted by Gasteiger charge is -2.31. The van der Waals surface area contributed by atoms with Gasteiger partial charge in [-0.3, -0.25) is 4.79 Å². The Bertz CT molecular complexity index is 341. The van der Waals surface area contributed by atoms with Gasteiger partial charge in [0.1, 0.15) is 0 Å². The van der Waals surface area contributed by atoms with E-state index < -0.39 is 5.97 Å². The summed E-state index contributed by atoms with van der Waals surface area (Å²) in [5.74, 6) is -0.828. The van der Waals surface area contributed by atoms with Crippen LogP contribution < -0.4 is 5.32 Å². The predicted octanol–water partition coefficient (Wildman–Crippen LogP) is 1.86. The molecule has 0 aliphatic carbocycles. The first kappa shape index (κ1) is 19.7. The zero-order chi connectivity index (χ0) is 16.6. The zero-order valence-corrected chi connectivity index (χ0v) is 14.3. The fourth-order valence-corrected chi connectivity index (χ4v) is 2.32. The van der Waals surface area contributed by atoms with Crippen molar-refractivity contribution < 1.29 is 14.7 Å². The van der Waals surface area contributed by atoms with E-state index in [0.29, 0.717) is 19.5 Å². The van der Waals surface area contributed by atoms with Gasteiger partial charge in [0, 0.05) is 32.1 Å². The van der Waals surface area contributed by atoms with E-state index in [9.17, 15) is 9.59 Å². The molecule has 21 heavy (non-hydrogen) atoms. The van der Waals surface area contributed by atoms with Crippen LogP contribution in [0.3, 0.4) is 0 Å². The third-order valence-corrected chi connectivity index (χ3v) is 3.14. The Kier molecular flexibility index (Phi) is 8.32. The molecule has 2 N–H and O–H groups in total. The van der Waals surface area contributed by atoms with Crippen molar-refractivity contribution in [3.05, 3.63) is 0 Å². The third kappa shape index (κ3) is 9.28. The van der Waals surface area contributed by atoms with E-state index in [1.54, 1.807) is 4.90 Å². The average molecular weight is 301 g/mol. The van der Waals surface area contributed by atoms with Crippen LogP contribution in [0.1, 0.15) is 40.5 Å². The summed E-state index contributed by atoms with van der Waals surface area (Å²) in [6.07, 6.45) is 0.560. The quantitative estimate of drug-likeness (QED) is 0.682. The fourth-order valence-electron chi connectivity index (χ4n) is 2.32. The van der Waals surface area contributed by atoms with E-state index in [1.807, 2.05) is 27.9 Å². The minimum atomic E-state index is -0.828. The second kappa shape index (κ2) is 8.87. The number of carboxylic acid groups (broad SMARTS) is 1. The van der Waals surface area contributed by atoms with Crippen molar-refractivity contribution in [2.45, 2.75) is 46.6 Å². The summed E-state index contributed by atoms with van der Waals surface area (Å²) in [5, 5.41) is 11.6. The van der Waals surface area contributed by atoms with Gasteiger partial charge < -0.3 is 20.2 Å². The van der Waals surface area contributed by atoms with Gasteiger partial charge in [-0.1, -0.05) is 13.8 Å². The van der Waals surface area contributed by atoms with E-state index >= 15 is 0 Å². The second-order valence-corrected chi connectivity index (χ2v) is 6.85. The minimum absolute atomic E-state index is 0.0110. The summed E-state index contributed by atoms with van der Waals surface area (Å²) < 4.78 is 0. The molecule has 6 nitrogen and oxygen atoms in total. The molecule has 0 saturated heterocycles. The molecule has 0 aliphatic heterocycles. The lowest BCUT2D eigenvalue weighted by atomic mass is 9.93. The van der Waals surface area contributed by atoms with Crippen molar-refractivity contribution in [3.8, 4) is 0 Å². The normalized spacial score (nSPS) is 11.8. The Morgan fingerprint density at radius 2 is 1.81 bits per heavy atom. The Labute approximate surface area is 128 Å². The van der Waals surface area contributed by atoms with Crippen LogP contribution in [-0.2, 0) is 4.79 Å². The first-order valence-corrected chi connectivity index (χ1v) is 7.46. The third-order valence-electron chi connectivity index (χ3n) is 3.14. The van der Waals surface area contributed by atoms with Gasteiger partial charge in [-0.15, -0.1) is 0 Å². The largest absolute Gasteiger partial charge is 0.481 e. The number of hydrogen-bond acceptors (Lipinski definition) is 3. The molecular weight excluding hydrogens is 270 g/mol. The van der Waals surface area contributed by atoms with Crippen LogP contribution >= 0.6 is 0 Å². The van der Waals surface area contributed by atoms with E-state index in [0.717, 1.165) is 6.54 Å². The van der Waals surface area contributed by atoms with Gasteiger partial charge in [0.15, 0.2) is 0 Å². The Hall–Kier alpha value is -1.30. The number of carboxylic acids is 1. The van der Waals surface area contributed by atoms with Crippen LogP contribution in [0, 0.1) is 5.41 Å². The van der Waals surface area contributed by atoms with Crippen molar-refractivity contribution in [2.24, 2.45) is 5.41 Å². The lowest BCUT2D eigenvalue weighted by Crippen LogP contribution is -2.48. The van der Waals surface area contributed by atoms with Crippen LogP contribution in [0.2, 0.25) is 0 Å². The lowest BCUT2D eigenvalue weighted by molar-refractivity contribution is -0.137. The second-order valence-electron chi connectivity index (χ2n) is 6.85. The van der Waals surface area contributed by atoms with Crippen molar-refractivity contribution >= 4 is 12.0 Å². The number of urea groups is 1. The number of carbonyl (C=O) groups is 2. The number of amides is 2. The summed E-state index contributed by atoms with van der Waals surface area (Å²) in [6, 6.07) is -0.0713. The smallest absolute Gasteiger partial charge is 0.317 e. The molecule has 0 saturated carbocycles. The van der Waals surface area contributed by atoms with Crippen LogP contribution in [-0.4, -0.2) is 66.7 Å². The first-order valence-electron chi connectivity index (χ1n) is 7.46. The molecule has 0 unspecified atom stereocenters. The van der Waals surface area contributed by atoms with E-state index in [1.165, 1.54) is 0 Å². The SMILES string of the molecule is CC(C)N(CCCC(=O)O)C(=O)NCC(C)(C)CN(C)C. The zero-order valence-electron chi connectivity index (χ0n) is 14.3. The van der Waals surface area contributed by atoms with Gasteiger partial charge in [0.2, 0.25) is 0 Å². The van der Waals surface area contributed by atoms with Gasteiger partial charge in [-0.05, 0) is 39.8 Å². The van der Waals surface area contributed by atoms with Gasteiger partial charge in [0.05, 0.1) is 0 Å². The van der Waals surface area contributed by atoms with Crippen LogP contribution in [0.25, 0.3) is 0 Å². The van der Waals surface area contributed by atoms with Gasteiger partial charge >= 0.3 is 12.0 Å². The molecule has 0 spiro atoms. The van der Waals surface area contributed by atoms with Crippen LogP contribution in [0.5, 0.6) is 0 Å². The summed E-state index contributed by atoms with van der Waals surface area (Å²) in [6.45, 7) is 10.0. The highest BCUT2D eigenvalue weighted by Crippen LogP contribution is 2.14. The summed E-state index contributed by atoms with van der Waals surface area (Å²) in [5.41, 5.74) is -0.0110. The molecule has 6 heteroatoms. The summed E-state index contributed by atoms with van der Waals surface area (Å²) in [4.78, 5) is 26.6. The van der Waals surface area contributed by atoms with Crippen LogP contribution in [0.15, 0.2) is 0 Å². The Morgan fingerprint density at radius 3 is 2.24 bits per heavy atom. The van der Waals surface area contributed by atoms with E-state index in [2.05, 4.69) is 24.1 Å². The standard InChI is InChI=1S/C15H31N3O3/c1-12(2)18(9-7-8-13(19)20)14(21)16-10-15(3,4)11-17(5)6/h12H,7-11H2,1-6H3,(H,16,21)(H,19,20). The molecule has 0 radical (unpaired) electrons. The number of hydrogen-bond donors (Lipinski definition) is 2. The molecule has 0 heterocycles. The Balaban J connectivity index is 4.38. The number of aliphatic carboxylic acids is 1. The van der Waals surface area contributed by atoms with Crippen molar-refractivity contribution in [3.63, 3.8) is 0 Å². The van der Waals surface area contributed by atoms with Gasteiger partial charge in [-0.25, -0.2) is 4.79 Å². The maximum Gasteiger partial charge on any atom is 0.317 e. The summed E-state index contributed by atoms with van der Waals surface area (Å²) >= 11 is 0. The molecule has 0 aromatic heterocycles. The molecule has 0 atom stereocenters. The molecule has 0 aromatic rings. The summed E-state index contributed by atoms with van der Waals surface area (Å²) in [7, 11) is 4.02. The van der Waals surface area contributed by atoms with Crippen molar-refractivity contribution in [1.29, 1.82) is 0 Å². The highest BCUT2D eigenvalue weighted by atomic mass is 16.4. The maximum atomic E-state index is 12.2. The first-order chi connectivity index (χ1) is 9.55. The number of carbonyl (C=O) groups excluding carboxylic acids is 1. The van der Waals surface area contributed by atoms with E-state index in [4.69, 9.17) is 5.11 Å². The molecule has 0 fully saturated rings. The minimum Gasteiger partial charge on any atom is -0.481 e. The molecule has 0 bridgehead atoms. The molecular formula is C15H31N3O3. The van der Waals surface area contributed by atoms with E-state index in [-0.39, 0.29) is 23.9 Å². The maximum absolute atomic E-state index is 12.2. The van der Waals surface area contributed by atoms with Gasteiger partial charge in [-0.2, -0.15) is 0 Å². The topological polar surface area (TPSA) is 72.9 Å². The average Bonchev–Trinajstić information content (AvgIpc) is 2.29. The number of nitrogens with one attached hydrogen (secondary N) is 1. The van der Waals surface area contributed by atoms with Crippen LogP contribution in [0.4, 0.5) is 4.79 Å². The number of nitrogens with zero attached hydrogens (tertiary/aromatic N) is 2. The molecule has 0 aliphatic rings. The monoisotopic (exact) mass is 301 g/mol. The number of rotatable bonds is 9. The highest BCUT2D eigenvalue weighted by Gasteiger charge is 2.22. The predicted molar refractivity (Wildman–Crippen MR) is 84.4 cm³/mol. The molecule has 2 amide bonds. The van der Waals surface area contributed by atoms with Crippen molar-refractivity contribution in [1.82, 2.24) is 15.1 Å². The van der Waals surface area contributed by atoms with Gasteiger partial charge in [0.25, 0.3) is 0 Å². The fraction of sp³-hybridized carbons (Fsp3) is 0.867. The highest BCUT2D eigenvalue weighted by molar-refractivity contribution is 5.74. The Morgan fingerprint density at radius 1 is 1.24 bits per heavy atom. The molecule has 124 valence electrons.